The standard InChI is InChI=1S/C10H19NO3/c1-8-6-11(7-9(2)14-8)5-3-4-10(12)13/h8-9H,3-7H2,1-2H3,(H,12,13)/t8-,9-/m0/s1. The van der Waals surface area contributed by atoms with Crippen molar-refractivity contribution in [1.82, 2.24) is 4.90 Å². The lowest BCUT2D eigenvalue weighted by molar-refractivity contribution is -0.137. The van der Waals surface area contributed by atoms with Crippen LogP contribution in [-0.2, 0) is 9.53 Å². The number of carbonyl (C=O) groups is 1. The first-order chi connectivity index (χ1) is 6.58. The van der Waals surface area contributed by atoms with Gasteiger partial charge in [-0.1, -0.05) is 0 Å². The maximum absolute atomic E-state index is 10.3. The summed E-state index contributed by atoms with van der Waals surface area (Å²) in [5, 5.41) is 8.50. The fourth-order valence-corrected chi connectivity index (χ4v) is 1.92. The molecule has 1 rings (SSSR count). The Morgan fingerprint density at radius 3 is 2.50 bits per heavy atom. The number of aliphatic carboxylic acids is 1. The van der Waals surface area contributed by atoms with E-state index in [0.29, 0.717) is 0 Å². The highest BCUT2D eigenvalue weighted by atomic mass is 16.5. The van der Waals surface area contributed by atoms with E-state index in [1.807, 2.05) is 0 Å². The van der Waals surface area contributed by atoms with Gasteiger partial charge in [-0.15, -0.1) is 0 Å². The minimum atomic E-state index is -0.709. The molecule has 2 atom stereocenters. The Balaban J connectivity index is 2.20. The molecule has 0 aromatic heterocycles. The number of carboxylic acid groups (broad SMARTS) is 1. The molecule has 14 heavy (non-hydrogen) atoms. The summed E-state index contributed by atoms with van der Waals surface area (Å²) in [6.45, 7) is 6.82. The van der Waals surface area contributed by atoms with Gasteiger partial charge in [0.2, 0.25) is 0 Å². The lowest BCUT2D eigenvalue weighted by atomic mass is 10.2. The highest BCUT2D eigenvalue weighted by Gasteiger charge is 2.21. The first kappa shape index (κ1) is 11.5. The van der Waals surface area contributed by atoms with E-state index in [1.165, 1.54) is 0 Å². The molecule has 0 unspecified atom stereocenters. The molecule has 0 bridgehead atoms. The monoisotopic (exact) mass is 201 g/mol. The van der Waals surface area contributed by atoms with Crippen molar-refractivity contribution >= 4 is 5.97 Å². The summed E-state index contributed by atoms with van der Waals surface area (Å²) >= 11 is 0. The normalized spacial score (nSPS) is 29.0. The van der Waals surface area contributed by atoms with Gasteiger partial charge < -0.3 is 9.84 Å². The minimum Gasteiger partial charge on any atom is -0.481 e. The van der Waals surface area contributed by atoms with Crippen LogP contribution in [0.5, 0.6) is 0 Å². The van der Waals surface area contributed by atoms with Gasteiger partial charge in [0.15, 0.2) is 0 Å². The summed E-state index contributed by atoms with van der Waals surface area (Å²) in [5.41, 5.74) is 0. The van der Waals surface area contributed by atoms with Crippen LogP contribution in [0.25, 0.3) is 0 Å². The first-order valence-corrected chi connectivity index (χ1v) is 5.17. The van der Waals surface area contributed by atoms with Gasteiger partial charge in [0.25, 0.3) is 0 Å². The molecular weight excluding hydrogens is 182 g/mol. The van der Waals surface area contributed by atoms with Crippen molar-refractivity contribution in [3.05, 3.63) is 0 Å². The molecule has 1 N–H and O–H groups in total. The van der Waals surface area contributed by atoms with Gasteiger partial charge in [0.1, 0.15) is 0 Å². The predicted octanol–water partition coefficient (Wildman–Crippen LogP) is 0.960. The molecule has 0 aromatic rings. The molecular formula is C10H19NO3. The number of hydrogen-bond donors (Lipinski definition) is 1. The topological polar surface area (TPSA) is 49.8 Å². The zero-order chi connectivity index (χ0) is 10.6. The van der Waals surface area contributed by atoms with Gasteiger partial charge in [-0.05, 0) is 26.8 Å². The molecule has 1 heterocycles. The lowest BCUT2D eigenvalue weighted by Crippen LogP contribution is -2.45. The zero-order valence-electron chi connectivity index (χ0n) is 8.90. The summed E-state index contributed by atoms with van der Waals surface area (Å²) < 4.78 is 5.59. The third-order valence-corrected chi connectivity index (χ3v) is 2.36. The van der Waals surface area contributed by atoms with Crippen LogP contribution >= 0.6 is 0 Å². The van der Waals surface area contributed by atoms with Crippen molar-refractivity contribution in [2.24, 2.45) is 0 Å². The van der Waals surface area contributed by atoms with Crippen LogP contribution < -0.4 is 0 Å². The van der Waals surface area contributed by atoms with E-state index in [0.717, 1.165) is 26.1 Å². The molecule has 0 radical (unpaired) electrons. The number of rotatable bonds is 4. The third kappa shape index (κ3) is 4.07. The Kier molecular flexibility index (Phi) is 4.35. The molecule has 1 aliphatic rings. The summed E-state index contributed by atoms with van der Waals surface area (Å²) in [7, 11) is 0. The second-order valence-electron chi connectivity index (χ2n) is 4.01. The van der Waals surface area contributed by atoms with E-state index in [4.69, 9.17) is 9.84 Å². The molecule has 1 fully saturated rings. The Hall–Kier alpha value is -0.610. The van der Waals surface area contributed by atoms with Crippen molar-refractivity contribution in [3.8, 4) is 0 Å². The van der Waals surface area contributed by atoms with Crippen LogP contribution in [0.1, 0.15) is 26.7 Å². The summed E-state index contributed by atoms with van der Waals surface area (Å²) in [4.78, 5) is 12.6. The molecule has 0 saturated carbocycles. The predicted molar refractivity (Wildman–Crippen MR) is 53.3 cm³/mol. The van der Waals surface area contributed by atoms with Crippen LogP contribution in [0.2, 0.25) is 0 Å². The second kappa shape index (κ2) is 5.32. The van der Waals surface area contributed by atoms with Gasteiger partial charge in [-0.2, -0.15) is 0 Å². The van der Waals surface area contributed by atoms with Crippen LogP contribution in [0.15, 0.2) is 0 Å². The fraction of sp³-hybridized carbons (Fsp3) is 0.900. The average molecular weight is 201 g/mol. The minimum absolute atomic E-state index is 0.264. The summed E-state index contributed by atoms with van der Waals surface area (Å²) in [6.07, 6.45) is 1.53. The van der Waals surface area contributed by atoms with Gasteiger partial charge in [0, 0.05) is 19.5 Å². The molecule has 0 spiro atoms. The lowest BCUT2D eigenvalue weighted by Gasteiger charge is -2.35. The summed E-state index contributed by atoms with van der Waals surface area (Å²) in [6, 6.07) is 0. The van der Waals surface area contributed by atoms with E-state index in [-0.39, 0.29) is 18.6 Å². The number of hydrogen-bond acceptors (Lipinski definition) is 3. The molecule has 4 nitrogen and oxygen atoms in total. The van der Waals surface area contributed by atoms with Gasteiger partial charge >= 0.3 is 5.97 Å². The Bertz CT molecular complexity index is 186. The molecule has 0 amide bonds. The Morgan fingerprint density at radius 2 is 2.00 bits per heavy atom. The average Bonchev–Trinajstić information content (AvgIpc) is 2.01. The number of nitrogens with zero attached hydrogens (tertiary/aromatic N) is 1. The van der Waals surface area contributed by atoms with Crippen molar-refractivity contribution in [1.29, 1.82) is 0 Å². The quantitative estimate of drug-likeness (QED) is 0.736. The molecule has 0 aliphatic carbocycles. The largest absolute Gasteiger partial charge is 0.481 e. The van der Waals surface area contributed by atoms with Crippen molar-refractivity contribution in [2.45, 2.75) is 38.9 Å². The van der Waals surface area contributed by atoms with Crippen LogP contribution in [0.3, 0.4) is 0 Å². The van der Waals surface area contributed by atoms with E-state index >= 15 is 0 Å². The molecule has 1 saturated heterocycles. The molecule has 82 valence electrons. The van der Waals surface area contributed by atoms with Crippen LogP contribution in [0, 0.1) is 0 Å². The maximum atomic E-state index is 10.3. The van der Waals surface area contributed by atoms with Crippen molar-refractivity contribution in [2.75, 3.05) is 19.6 Å². The highest BCUT2D eigenvalue weighted by molar-refractivity contribution is 5.66. The molecule has 1 aliphatic heterocycles. The maximum Gasteiger partial charge on any atom is 0.303 e. The Morgan fingerprint density at radius 1 is 1.43 bits per heavy atom. The summed E-state index contributed by atoms with van der Waals surface area (Å²) in [5.74, 6) is -0.709. The molecule has 0 aromatic carbocycles. The van der Waals surface area contributed by atoms with Gasteiger partial charge in [-0.3, -0.25) is 9.69 Å². The number of morpholine rings is 1. The third-order valence-electron chi connectivity index (χ3n) is 2.36. The van der Waals surface area contributed by atoms with Gasteiger partial charge in [-0.25, -0.2) is 0 Å². The fourth-order valence-electron chi connectivity index (χ4n) is 1.92. The molecule has 4 heteroatoms. The Labute approximate surface area is 84.8 Å². The first-order valence-electron chi connectivity index (χ1n) is 5.17. The number of carboxylic acids is 1. The number of ether oxygens (including phenoxy) is 1. The van der Waals surface area contributed by atoms with Gasteiger partial charge in [0.05, 0.1) is 12.2 Å². The highest BCUT2D eigenvalue weighted by Crippen LogP contribution is 2.11. The van der Waals surface area contributed by atoms with E-state index in [2.05, 4.69) is 18.7 Å². The smallest absolute Gasteiger partial charge is 0.303 e. The van der Waals surface area contributed by atoms with Crippen molar-refractivity contribution < 1.29 is 14.6 Å². The van der Waals surface area contributed by atoms with Crippen LogP contribution in [0.4, 0.5) is 0 Å². The SMILES string of the molecule is C[C@H]1CN(CCCC(=O)O)C[C@H](C)O1. The van der Waals surface area contributed by atoms with E-state index in [1.54, 1.807) is 0 Å². The second-order valence-corrected chi connectivity index (χ2v) is 4.01. The van der Waals surface area contributed by atoms with Crippen LogP contribution in [-0.4, -0.2) is 47.8 Å². The zero-order valence-corrected chi connectivity index (χ0v) is 8.90. The van der Waals surface area contributed by atoms with Crippen molar-refractivity contribution in [3.63, 3.8) is 0 Å². The van der Waals surface area contributed by atoms with E-state index < -0.39 is 5.97 Å². The van der Waals surface area contributed by atoms with E-state index in [9.17, 15) is 4.79 Å².